The predicted molar refractivity (Wildman–Crippen MR) is 91.1 cm³/mol. The Balaban J connectivity index is 2.21. The summed E-state index contributed by atoms with van der Waals surface area (Å²) < 4.78 is 19.8. The van der Waals surface area contributed by atoms with Crippen LogP contribution in [0.15, 0.2) is 29.1 Å². The Bertz CT molecular complexity index is 806. The van der Waals surface area contributed by atoms with Crippen LogP contribution in [0, 0.1) is 24.1 Å². The van der Waals surface area contributed by atoms with E-state index in [1.807, 2.05) is 6.07 Å². The molecule has 1 N–H and O–H groups in total. The number of hydrogen-bond donors (Lipinski definition) is 1. The summed E-state index contributed by atoms with van der Waals surface area (Å²) in [6.07, 6.45) is 3.18. The molecule has 126 valence electrons. The molecular weight excluding hydrogens is 307 g/mol. The van der Waals surface area contributed by atoms with Gasteiger partial charge in [0.15, 0.2) is 0 Å². The Morgan fingerprint density at radius 3 is 2.75 bits per heavy atom. The van der Waals surface area contributed by atoms with E-state index in [9.17, 15) is 14.4 Å². The molecule has 0 fully saturated rings. The molecule has 1 heterocycles. The first-order valence-electron chi connectivity index (χ1n) is 8.07. The summed E-state index contributed by atoms with van der Waals surface area (Å²) in [6, 6.07) is 8.26. The summed E-state index contributed by atoms with van der Waals surface area (Å²) in [7, 11) is 0. The number of aromatic amines is 1. The molecule has 2 aromatic rings. The Kier molecular flexibility index (Phi) is 6.28. The van der Waals surface area contributed by atoms with Crippen LogP contribution in [-0.2, 0) is 11.3 Å². The highest BCUT2D eigenvalue weighted by Gasteiger charge is 2.12. The van der Waals surface area contributed by atoms with Crippen molar-refractivity contribution in [1.82, 2.24) is 4.98 Å². The molecule has 0 aliphatic carbocycles. The van der Waals surface area contributed by atoms with Crippen LogP contribution in [0.4, 0.5) is 4.39 Å². The third kappa shape index (κ3) is 4.30. The minimum atomic E-state index is -0.462. The summed E-state index contributed by atoms with van der Waals surface area (Å²) in [5.74, 6) is -0.398. The van der Waals surface area contributed by atoms with E-state index in [-0.39, 0.29) is 12.2 Å². The minimum absolute atomic E-state index is 0.0106. The number of unbranched alkanes of at least 4 members (excludes halogenated alkanes) is 2. The van der Waals surface area contributed by atoms with Crippen LogP contribution in [0.3, 0.4) is 0 Å². The van der Waals surface area contributed by atoms with E-state index in [1.54, 1.807) is 25.1 Å². The molecule has 4 nitrogen and oxygen atoms in total. The topological polar surface area (TPSA) is 65.9 Å². The van der Waals surface area contributed by atoms with Crippen LogP contribution in [0.1, 0.15) is 43.0 Å². The Morgan fingerprint density at radius 2 is 2.08 bits per heavy atom. The lowest BCUT2D eigenvalue weighted by Crippen LogP contribution is -2.12. The van der Waals surface area contributed by atoms with Gasteiger partial charge in [-0.15, -0.1) is 0 Å². The van der Waals surface area contributed by atoms with Gasteiger partial charge in [-0.3, -0.25) is 4.79 Å². The highest BCUT2D eigenvalue weighted by molar-refractivity contribution is 5.70. The molecule has 0 saturated heterocycles. The number of H-pyrrole nitrogens is 1. The second kappa shape index (κ2) is 8.42. The third-order valence-electron chi connectivity index (χ3n) is 3.79. The van der Waals surface area contributed by atoms with E-state index in [1.165, 1.54) is 6.07 Å². The molecule has 0 amide bonds. The minimum Gasteiger partial charge on any atom is -0.377 e. The fraction of sp³-hybridized carbons (Fsp3) is 0.368. The zero-order valence-corrected chi connectivity index (χ0v) is 14.0. The first-order valence-corrected chi connectivity index (χ1v) is 8.07. The smallest absolute Gasteiger partial charge is 0.266 e. The van der Waals surface area contributed by atoms with Crippen LogP contribution in [0.2, 0.25) is 0 Å². The molecule has 0 aliphatic rings. The SMILES string of the molecule is CCCCCOCc1ccc(-c2cc(C)[nH]c(=O)c2C#N)cc1F. The number of rotatable bonds is 7. The van der Waals surface area contributed by atoms with Gasteiger partial charge in [-0.2, -0.15) is 5.26 Å². The van der Waals surface area contributed by atoms with E-state index in [2.05, 4.69) is 11.9 Å². The lowest BCUT2D eigenvalue weighted by molar-refractivity contribution is 0.115. The fourth-order valence-corrected chi connectivity index (χ4v) is 2.50. The van der Waals surface area contributed by atoms with E-state index < -0.39 is 11.4 Å². The summed E-state index contributed by atoms with van der Waals surface area (Å²) in [6.45, 7) is 4.67. The van der Waals surface area contributed by atoms with Gasteiger partial charge in [0.25, 0.3) is 5.56 Å². The van der Waals surface area contributed by atoms with Crippen molar-refractivity contribution in [1.29, 1.82) is 5.26 Å². The Morgan fingerprint density at radius 1 is 1.29 bits per heavy atom. The lowest BCUT2D eigenvalue weighted by atomic mass is 9.99. The summed E-state index contributed by atoms with van der Waals surface area (Å²) in [5, 5.41) is 9.18. The highest BCUT2D eigenvalue weighted by Crippen LogP contribution is 2.24. The molecule has 1 aromatic heterocycles. The zero-order chi connectivity index (χ0) is 17.5. The standard InChI is InChI=1S/C19H21FN2O2/c1-3-4-5-8-24-12-15-7-6-14(10-18(15)20)16-9-13(2)22-19(23)17(16)11-21/h6-7,9-10H,3-5,8,12H2,1-2H3,(H,22,23). The van der Waals surface area contributed by atoms with Gasteiger partial charge in [0.2, 0.25) is 0 Å². The number of ether oxygens (including phenoxy) is 1. The van der Waals surface area contributed by atoms with Crippen LogP contribution in [-0.4, -0.2) is 11.6 Å². The maximum Gasteiger partial charge on any atom is 0.266 e. The van der Waals surface area contributed by atoms with Crippen molar-refractivity contribution in [3.05, 3.63) is 57.3 Å². The van der Waals surface area contributed by atoms with E-state index in [4.69, 9.17) is 4.74 Å². The molecule has 0 atom stereocenters. The van der Waals surface area contributed by atoms with Crippen molar-refractivity contribution in [2.24, 2.45) is 0 Å². The molecule has 1 aromatic carbocycles. The normalized spacial score (nSPS) is 10.6. The summed E-state index contributed by atoms with van der Waals surface area (Å²) in [4.78, 5) is 14.4. The fourth-order valence-electron chi connectivity index (χ4n) is 2.50. The molecular formula is C19H21FN2O2. The molecule has 0 bridgehead atoms. The average molecular weight is 328 g/mol. The molecule has 0 spiro atoms. The molecule has 5 heteroatoms. The van der Waals surface area contributed by atoms with Gasteiger partial charge in [0.1, 0.15) is 17.4 Å². The Labute approximate surface area is 140 Å². The zero-order valence-electron chi connectivity index (χ0n) is 14.0. The Hall–Kier alpha value is -2.45. The first-order chi connectivity index (χ1) is 11.6. The number of nitriles is 1. The van der Waals surface area contributed by atoms with Gasteiger partial charge in [-0.1, -0.05) is 31.9 Å². The lowest BCUT2D eigenvalue weighted by Gasteiger charge is -2.09. The number of aryl methyl sites for hydroxylation is 1. The molecule has 0 saturated carbocycles. The van der Waals surface area contributed by atoms with Crippen LogP contribution in [0.5, 0.6) is 0 Å². The van der Waals surface area contributed by atoms with Crippen molar-refractivity contribution >= 4 is 0 Å². The third-order valence-corrected chi connectivity index (χ3v) is 3.79. The van der Waals surface area contributed by atoms with Crippen LogP contribution in [0.25, 0.3) is 11.1 Å². The van der Waals surface area contributed by atoms with Gasteiger partial charge in [0, 0.05) is 23.4 Å². The molecule has 0 aliphatic heterocycles. The molecule has 0 radical (unpaired) electrons. The summed E-state index contributed by atoms with van der Waals surface area (Å²) >= 11 is 0. The van der Waals surface area contributed by atoms with Gasteiger partial charge < -0.3 is 9.72 Å². The van der Waals surface area contributed by atoms with E-state index >= 15 is 0 Å². The number of benzene rings is 1. The second-order valence-electron chi connectivity index (χ2n) is 5.75. The first kappa shape index (κ1) is 17.9. The number of halogens is 1. The molecule has 2 rings (SSSR count). The van der Waals surface area contributed by atoms with Crippen molar-refractivity contribution in [3.63, 3.8) is 0 Å². The van der Waals surface area contributed by atoms with Gasteiger partial charge in [0.05, 0.1) is 6.61 Å². The van der Waals surface area contributed by atoms with Crippen LogP contribution < -0.4 is 5.56 Å². The van der Waals surface area contributed by atoms with Gasteiger partial charge >= 0.3 is 0 Å². The second-order valence-corrected chi connectivity index (χ2v) is 5.75. The number of nitrogens with zero attached hydrogens (tertiary/aromatic N) is 1. The van der Waals surface area contributed by atoms with Crippen molar-refractivity contribution in [2.45, 2.75) is 39.7 Å². The predicted octanol–water partition coefficient (Wildman–Crippen LogP) is 4.07. The van der Waals surface area contributed by atoms with Gasteiger partial charge in [-0.25, -0.2) is 4.39 Å². The molecule has 0 unspecified atom stereocenters. The average Bonchev–Trinajstić information content (AvgIpc) is 2.55. The summed E-state index contributed by atoms with van der Waals surface area (Å²) in [5.41, 5.74) is 1.56. The van der Waals surface area contributed by atoms with Crippen molar-refractivity contribution in [3.8, 4) is 17.2 Å². The largest absolute Gasteiger partial charge is 0.377 e. The quantitative estimate of drug-likeness (QED) is 0.779. The monoisotopic (exact) mass is 328 g/mol. The number of hydrogen-bond acceptors (Lipinski definition) is 3. The van der Waals surface area contributed by atoms with Crippen LogP contribution >= 0.6 is 0 Å². The maximum atomic E-state index is 14.3. The van der Waals surface area contributed by atoms with Crippen molar-refractivity contribution < 1.29 is 9.13 Å². The van der Waals surface area contributed by atoms with Crippen molar-refractivity contribution in [2.75, 3.05) is 6.61 Å². The maximum absolute atomic E-state index is 14.3. The van der Waals surface area contributed by atoms with E-state index in [0.29, 0.717) is 29.0 Å². The number of aromatic nitrogens is 1. The van der Waals surface area contributed by atoms with Gasteiger partial charge in [-0.05, 0) is 31.0 Å². The highest BCUT2D eigenvalue weighted by atomic mass is 19.1. The van der Waals surface area contributed by atoms with E-state index in [0.717, 1.165) is 19.3 Å². The molecule has 24 heavy (non-hydrogen) atoms. The number of nitrogens with one attached hydrogen (secondary N) is 1. The number of pyridine rings is 1.